The summed E-state index contributed by atoms with van der Waals surface area (Å²) in [6, 6.07) is 15.4. The van der Waals surface area contributed by atoms with Crippen LogP contribution in [0, 0.1) is 5.82 Å². The smallest absolute Gasteiger partial charge is 0.303 e. The largest absolute Gasteiger partial charge is 0.447 e. The second kappa shape index (κ2) is 7.99. The molecule has 5 nitrogen and oxygen atoms in total. The molecule has 0 bridgehead atoms. The van der Waals surface area contributed by atoms with Crippen molar-refractivity contribution in [3.63, 3.8) is 0 Å². The molecule has 1 amide bonds. The molecule has 0 spiro atoms. The monoisotopic (exact) mass is 356 g/mol. The number of piperazine rings is 1. The molecule has 0 aromatic heterocycles. The number of hydrogen-bond acceptors (Lipinski definition) is 4. The lowest BCUT2D eigenvalue weighted by atomic mass is 10.1. The quantitative estimate of drug-likeness (QED) is 0.791. The van der Waals surface area contributed by atoms with E-state index in [1.54, 1.807) is 29.2 Å². The predicted octanol–water partition coefficient (Wildman–Crippen LogP) is 2.78. The van der Waals surface area contributed by atoms with Gasteiger partial charge in [0.05, 0.1) is 0 Å². The Kier molecular flexibility index (Phi) is 5.51. The van der Waals surface area contributed by atoms with Crippen LogP contribution in [0.5, 0.6) is 0 Å². The van der Waals surface area contributed by atoms with E-state index in [1.807, 2.05) is 18.2 Å². The third-order valence-corrected chi connectivity index (χ3v) is 4.39. The normalized spacial score (nSPS) is 15.5. The van der Waals surface area contributed by atoms with E-state index >= 15 is 0 Å². The Labute approximate surface area is 152 Å². The lowest BCUT2D eigenvalue weighted by Gasteiger charge is -2.37. The minimum Gasteiger partial charge on any atom is -0.447 e. The summed E-state index contributed by atoms with van der Waals surface area (Å²) >= 11 is 0. The van der Waals surface area contributed by atoms with Gasteiger partial charge < -0.3 is 14.5 Å². The first-order valence-electron chi connectivity index (χ1n) is 8.56. The van der Waals surface area contributed by atoms with Gasteiger partial charge in [0, 0.05) is 44.4 Å². The number of rotatable bonds is 4. The van der Waals surface area contributed by atoms with Crippen LogP contribution in [-0.2, 0) is 14.3 Å². The SMILES string of the molecule is CC(=O)O[C@H](C(=O)N1CCN(c2ccc(F)cc2)CC1)c1ccccc1. The third kappa shape index (κ3) is 4.20. The summed E-state index contributed by atoms with van der Waals surface area (Å²) in [5, 5.41) is 0. The van der Waals surface area contributed by atoms with Crippen LogP contribution < -0.4 is 4.90 Å². The molecule has 0 radical (unpaired) electrons. The predicted molar refractivity (Wildman–Crippen MR) is 96.1 cm³/mol. The Morgan fingerprint density at radius 3 is 2.15 bits per heavy atom. The van der Waals surface area contributed by atoms with Crippen LogP contribution in [0.1, 0.15) is 18.6 Å². The first kappa shape index (κ1) is 17.9. The van der Waals surface area contributed by atoms with Gasteiger partial charge in [0.1, 0.15) is 5.82 Å². The van der Waals surface area contributed by atoms with Crippen molar-refractivity contribution in [1.82, 2.24) is 4.90 Å². The van der Waals surface area contributed by atoms with Crippen LogP contribution in [0.4, 0.5) is 10.1 Å². The van der Waals surface area contributed by atoms with Gasteiger partial charge in [-0.25, -0.2) is 4.39 Å². The highest BCUT2D eigenvalue weighted by atomic mass is 19.1. The summed E-state index contributed by atoms with van der Waals surface area (Å²) in [6.45, 7) is 3.61. The highest BCUT2D eigenvalue weighted by Crippen LogP contribution is 2.23. The zero-order valence-electron chi connectivity index (χ0n) is 14.6. The second-order valence-corrected chi connectivity index (χ2v) is 6.19. The summed E-state index contributed by atoms with van der Waals surface area (Å²) < 4.78 is 18.4. The first-order valence-corrected chi connectivity index (χ1v) is 8.56. The van der Waals surface area contributed by atoms with Crippen molar-refractivity contribution in [2.45, 2.75) is 13.0 Å². The molecule has 2 aromatic carbocycles. The molecule has 1 aliphatic rings. The van der Waals surface area contributed by atoms with Crippen molar-refractivity contribution in [3.05, 3.63) is 66.0 Å². The molecule has 0 saturated carbocycles. The van der Waals surface area contributed by atoms with E-state index in [2.05, 4.69) is 4.90 Å². The molecule has 2 aromatic rings. The van der Waals surface area contributed by atoms with Crippen molar-refractivity contribution >= 4 is 17.6 Å². The highest BCUT2D eigenvalue weighted by molar-refractivity contribution is 5.85. The van der Waals surface area contributed by atoms with E-state index in [1.165, 1.54) is 19.1 Å². The Bertz CT molecular complexity index is 756. The molecule has 26 heavy (non-hydrogen) atoms. The number of anilines is 1. The summed E-state index contributed by atoms with van der Waals surface area (Å²) in [6.07, 6.45) is -0.925. The Morgan fingerprint density at radius 1 is 0.962 bits per heavy atom. The number of amides is 1. The molecular weight excluding hydrogens is 335 g/mol. The van der Waals surface area contributed by atoms with E-state index in [-0.39, 0.29) is 11.7 Å². The Balaban J connectivity index is 1.67. The van der Waals surface area contributed by atoms with Gasteiger partial charge in [0.25, 0.3) is 5.91 Å². The number of esters is 1. The summed E-state index contributed by atoms with van der Waals surface area (Å²) in [5.74, 6) is -0.975. The zero-order chi connectivity index (χ0) is 18.5. The fraction of sp³-hybridized carbons (Fsp3) is 0.300. The van der Waals surface area contributed by atoms with E-state index in [9.17, 15) is 14.0 Å². The summed E-state index contributed by atoms with van der Waals surface area (Å²) in [5.41, 5.74) is 1.59. The third-order valence-electron chi connectivity index (χ3n) is 4.39. The maximum Gasteiger partial charge on any atom is 0.303 e. The number of ether oxygens (including phenoxy) is 1. The topological polar surface area (TPSA) is 49.9 Å². The number of hydrogen-bond donors (Lipinski definition) is 0. The van der Waals surface area contributed by atoms with Crippen molar-refractivity contribution in [3.8, 4) is 0 Å². The molecule has 1 atom stereocenters. The number of halogens is 1. The molecule has 0 unspecified atom stereocenters. The van der Waals surface area contributed by atoms with E-state index < -0.39 is 12.1 Å². The van der Waals surface area contributed by atoms with E-state index in [0.29, 0.717) is 31.7 Å². The minimum atomic E-state index is -0.925. The number of carbonyl (C=O) groups is 2. The van der Waals surface area contributed by atoms with Crippen molar-refractivity contribution in [1.29, 1.82) is 0 Å². The van der Waals surface area contributed by atoms with Gasteiger partial charge in [0.2, 0.25) is 6.10 Å². The minimum absolute atomic E-state index is 0.217. The highest BCUT2D eigenvalue weighted by Gasteiger charge is 2.30. The maximum absolute atomic E-state index is 13.1. The van der Waals surface area contributed by atoms with Gasteiger partial charge in [0.15, 0.2) is 0 Å². The lowest BCUT2D eigenvalue weighted by molar-refractivity contribution is -0.159. The average molecular weight is 356 g/mol. The van der Waals surface area contributed by atoms with E-state index in [4.69, 9.17) is 4.74 Å². The molecule has 1 saturated heterocycles. The lowest BCUT2D eigenvalue weighted by Crippen LogP contribution is -2.50. The van der Waals surface area contributed by atoms with Gasteiger partial charge in [-0.3, -0.25) is 9.59 Å². The van der Waals surface area contributed by atoms with Gasteiger partial charge in [-0.1, -0.05) is 30.3 Å². The molecule has 1 aliphatic heterocycles. The molecule has 0 aliphatic carbocycles. The van der Waals surface area contributed by atoms with Crippen molar-refractivity contribution in [2.24, 2.45) is 0 Å². The molecule has 3 rings (SSSR count). The van der Waals surface area contributed by atoms with Crippen LogP contribution >= 0.6 is 0 Å². The number of nitrogens with zero attached hydrogens (tertiary/aromatic N) is 2. The molecule has 136 valence electrons. The van der Waals surface area contributed by atoms with Crippen LogP contribution in [0.25, 0.3) is 0 Å². The fourth-order valence-electron chi connectivity index (χ4n) is 3.06. The number of benzene rings is 2. The summed E-state index contributed by atoms with van der Waals surface area (Å²) in [4.78, 5) is 28.2. The first-order chi connectivity index (χ1) is 12.5. The number of carbonyl (C=O) groups excluding carboxylic acids is 2. The Hall–Kier alpha value is -2.89. The standard InChI is InChI=1S/C20H21FN2O3/c1-15(24)26-19(16-5-3-2-4-6-16)20(25)23-13-11-22(12-14-23)18-9-7-17(21)8-10-18/h2-10,19H,11-14H2,1H3/t19-/m0/s1. The molecular formula is C20H21FN2O3. The molecule has 1 fully saturated rings. The van der Waals surface area contributed by atoms with E-state index in [0.717, 1.165) is 5.69 Å². The van der Waals surface area contributed by atoms with Crippen LogP contribution in [0.3, 0.4) is 0 Å². The maximum atomic E-state index is 13.1. The average Bonchev–Trinajstić information content (AvgIpc) is 2.67. The molecule has 0 N–H and O–H groups in total. The van der Waals surface area contributed by atoms with Crippen molar-refractivity contribution < 1.29 is 18.7 Å². The van der Waals surface area contributed by atoms with Crippen LogP contribution in [0.15, 0.2) is 54.6 Å². The van der Waals surface area contributed by atoms with Crippen LogP contribution in [0.2, 0.25) is 0 Å². The fourth-order valence-corrected chi connectivity index (χ4v) is 3.06. The summed E-state index contributed by atoms with van der Waals surface area (Å²) in [7, 11) is 0. The van der Waals surface area contributed by atoms with Crippen LogP contribution in [-0.4, -0.2) is 43.0 Å². The Morgan fingerprint density at radius 2 is 1.58 bits per heavy atom. The molecule has 1 heterocycles. The zero-order valence-corrected chi connectivity index (χ0v) is 14.6. The van der Waals surface area contributed by atoms with Crippen molar-refractivity contribution in [2.75, 3.05) is 31.1 Å². The molecule has 6 heteroatoms. The van der Waals surface area contributed by atoms with Gasteiger partial charge in [-0.05, 0) is 24.3 Å². The van der Waals surface area contributed by atoms with Gasteiger partial charge in [-0.2, -0.15) is 0 Å². The van der Waals surface area contributed by atoms with Gasteiger partial charge in [-0.15, -0.1) is 0 Å². The van der Waals surface area contributed by atoms with Gasteiger partial charge >= 0.3 is 5.97 Å². The second-order valence-electron chi connectivity index (χ2n) is 6.19.